The maximum Gasteiger partial charge on any atom is 0.187 e. The number of halogens is 1. The molecule has 0 bridgehead atoms. The lowest BCUT2D eigenvalue weighted by atomic mass is 10.2. The molecule has 3 rings (SSSR count). The lowest BCUT2D eigenvalue weighted by molar-refractivity contribution is 0.405. The van der Waals surface area contributed by atoms with Gasteiger partial charge in [0.2, 0.25) is 0 Å². The van der Waals surface area contributed by atoms with E-state index in [1.165, 1.54) is 11.3 Å². The van der Waals surface area contributed by atoms with E-state index >= 15 is 0 Å². The number of rotatable bonds is 5. The molecule has 0 spiro atoms. The molecule has 0 amide bonds. The highest BCUT2D eigenvalue weighted by molar-refractivity contribution is 7.14. The summed E-state index contributed by atoms with van der Waals surface area (Å²) in [6.45, 7) is 1.91. The summed E-state index contributed by atoms with van der Waals surface area (Å²) < 4.78 is 16.2. The van der Waals surface area contributed by atoms with Gasteiger partial charge in [-0.3, -0.25) is 0 Å². The fourth-order valence-corrected chi connectivity index (χ4v) is 2.76. The molecule has 0 atom stereocenters. The number of aromatic nitrogens is 1. The van der Waals surface area contributed by atoms with Gasteiger partial charge in [-0.25, -0.2) is 4.98 Å². The molecule has 23 heavy (non-hydrogen) atoms. The highest BCUT2D eigenvalue weighted by Gasteiger charge is 2.11. The van der Waals surface area contributed by atoms with E-state index in [1.54, 1.807) is 14.2 Å². The molecule has 1 N–H and O–H groups in total. The fourth-order valence-electron chi connectivity index (χ4n) is 2.04. The number of furan rings is 1. The normalized spacial score (nSPS) is 10.0. The zero-order chi connectivity index (χ0) is 15.5. The van der Waals surface area contributed by atoms with Crippen molar-refractivity contribution in [3.05, 3.63) is 41.5 Å². The number of hydrogen-bond acceptors (Lipinski definition) is 6. The Morgan fingerprint density at radius 2 is 1.96 bits per heavy atom. The van der Waals surface area contributed by atoms with Crippen LogP contribution in [0.15, 0.2) is 40.1 Å². The molecule has 3 aromatic rings. The molecule has 0 saturated carbocycles. The molecule has 1 aromatic carbocycles. The molecule has 0 radical (unpaired) electrons. The van der Waals surface area contributed by atoms with Crippen LogP contribution in [0.3, 0.4) is 0 Å². The maximum absolute atomic E-state index is 5.59. The SMILES string of the molecule is COc1ccc(OC)c(Nc2nc(-c3ccc(C)o3)cs2)c1.Cl. The van der Waals surface area contributed by atoms with Crippen LogP contribution in [0.25, 0.3) is 11.5 Å². The zero-order valence-corrected chi connectivity index (χ0v) is 14.6. The van der Waals surface area contributed by atoms with Crippen LogP contribution >= 0.6 is 23.7 Å². The molecular weight excluding hydrogens is 336 g/mol. The van der Waals surface area contributed by atoms with Gasteiger partial charge in [0.1, 0.15) is 23.0 Å². The predicted molar refractivity (Wildman–Crippen MR) is 94.6 cm³/mol. The van der Waals surface area contributed by atoms with Crippen molar-refractivity contribution in [3.63, 3.8) is 0 Å². The monoisotopic (exact) mass is 352 g/mol. The fraction of sp³-hybridized carbons (Fsp3) is 0.188. The second-order valence-corrected chi connectivity index (χ2v) is 5.50. The summed E-state index contributed by atoms with van der Waals surface area (Å²) in [4.78, 5) is 4.54. The van der Waals surface area contributed by atoms with Gasteiger partial charge in [-0.2, -0.15) is 0 Å². The van der Waals surface area contributed by atoms with Crippen LogP contribution in [0.2, 0.25) is 0 Å². The first-order valence-corrected chi connectivity index (χ1v) is 7.59. The molecule has 5 nitrogen and oxygen atoms in total. The third kappa shape index (κ3) is 3.78. The molecular formula is C16H17ClN2O3S. The van der Waals surface area contributed by atoms with Gasteiger partial charge in [-0.05, 0) is 31.2 Å². The molecule has 0 aliphatic carbocycles. The topological polar surface area (TPSA) is 56.5 Å². The second-order valence-electron chi connectivity index (χ2n) is 4.64. The van der Waals surface area contributed by atoms with Crippen LogP contribution in [0.4, 0.5) is 10.8 Å². The summed E-state index contributed by atoms with van der Waals surface area (Å²) in [6.07, 6.45) is 0. The molecule has 2 heterocycles. The summed E-state index contributed by atoms with van der Waals surface area (Å²) in [5.41, 5.74) is 1.61. The summed E-state index contributed by atoms with van der Waals surface area (Å²) in [7, 11) is 3.26. The Bertz CT molecular complexity index is 785. The summed E-state index contributed by atoms with van der Waals surface area (Å²) in [5.74, 6) is 3.11. The highest BCUT2D eigenvalue weighted by Crippen LogP contribution is 2.34. The minimum Gasteiger partial charge on any atom is -0.497 e. The standard InChI is InChI=1S/C16H16N2O3S.ClH/c1-10-4-6-15(21-10)13-9-22-16(18-13)17-12-8-11(19-2)5-7-14(12)20-3;/h4-9H,1-3H3,(H,17,18);1H. The van der Waals surface area contributed by atoms with Crippen LogP contribution in [-0.2, 0) is 0 Å². The molecule has 0 aliphatic rings. The second kappa shape index (κ2) is 7.39. The van der Waals surface area contributed by atoms with Gasteiger partial charge in [-0.15, -0.1) is 23.7 Å². The largest absolute Gasteiger partial charge is 0.497 e. The first-order chi connectivity index (χ1) is 10.7. The van der Waals surface area contributed by atoms with E-state index in [2.05, 4.69) is 10.3 Å². The third-order valence-electron chi connectivity index (χ3n) is 3.15. The van der Waals surface area contributed by atoms with Gasteiger partial charge in [0, 0.05) is 11.4 Å². The lowest BCUT2D eigenvalue weighted by Gasteiger charge is -2.10. The van der Waals surface area contributed by atoms with Gasteiger partial charge < -0.3 is 19.2 Å². The van der Waals surface area contributed by atoms with E-state index in [-0.39, 0.29) is 12.4 Å². The van der Waals surface area contributed by atoms with E-state index in [0.717, 1.165) is 39.5 Å². The zero-order valence-electron chi connectivity index (χ0n) is 13.0. The third-order valence-corrected chi connectivity index (χ3v) is 3.90. The number of ether oxygens (including phenoxy) is 2. The van der Waals surface area contributed by atoms with Gasteiger partial charge in [-0.1, -0.05) is 0 Å². The number of benzene rings is 1. The van der Waals surface area contributed by atoms with Gasteiger partial charge >= 0.3 is 0 Å². The van der Waals surface area contributed by atoms with Crippen molar-refractivity contribution in [1.29, 1.82) is 0 Å². The molecule has 7 heteroatoms. The van der Waals surface area contributed by atoms with Crippen LogP contribution in [-0.4, -0.2) is 19.2 Å². The highest BCUT2D eigenvalue weighted by atomic mass is 35.5. The lowest BCUT2D eigenvalue weighted by Crippen LogP contribution is -1.95. The Labute approximate surface area is 144 Å². The number of thiazole rings is 1. The van der Waals surface area contributed by atoms with E-state index in [1.807, 2.05) is 42.6 Å². The van der Waals surface area contributed by atoms with E-state index in [0.29, 0.717) is 0 Å². The van der Waals surface area contributed by atoms with Crippen molar-refractivity contribution in [2.45, 2.75) is 6.92 Å². The molecule has 0 saturated heterocycles. The van der Waals surface area contributed by atoms with Crippen molar-refractivity contribution < 1.29 is 13.9 Å². The van der Waals surface area contributed by atoms with Crippen LogP contribution in [0.5, 0.6) is 11.5 Å². The number of aryl methyl sites for hydroxylation is 1. The Morgan fingerprint density at radius 3 is 2.61 bits per heavy atom. The molecule has 0 fully saturated rings. The molecule has 0 unspecified atom stereocenters. The Morgan fingerprint density at radius 1 is 1.13 bits per heavy atom. The number of methoxy groups -OCH3 is 2. The summed E-state index contributed by atoms with van der Waals surface area (Å²) >= 11 is 1.50. The van der Waals surface area contributed by atoms with Crippen molar-refractivity contribution >= 4 is 34.6 Å². The van der Waals surface area contributed by atoms with Gasteiger partial charge in [0.05, 0.1) is 19.9 Å². The average Bonchev–Trinajstić information content (AvgIpc) is 3.16. The van der Waals surface area contributed by atoms with Crippen molar-refractivity contribution in [2.24, 2.45) is 0 Å². The predicted octanol–water partition coefficient (Wildman–Crippen LogP) is 4.89. The van der Waals surface area contributed by atoms with Crippen molar-refractivity contribution in [2.75, 3.05) is 19.5 Å². The van der Waals surface area contributed by atoms with Crippen LogP contribution in [0, 0.1) is 6.92 Å². The number of nitrogens with zero attached hydrogens (tertiary/aromatic N) is 1. The average molecular weight is 353 g/mol. The number of hydrogen-bond donors (Lipinski definition) is 1. The molecule has 2 aromatic heterocycles. The Kier molecular flexibility index (Phi) is 5.52. The van der Waals surface area contributed by atoms with E-state index in [4.69, 9.17) is 13.9 Å². The van der Waals surface area contributed by atoms with E-state index < -0.39 is 0 Å². The summed E-state index contributed by atoms with van der Waals surface area (Å²) in [6, 6.07) is 9.42. The molecule has 122 valence electrons. The van der Waals surface area contributed by atoms with Crippen LogP contribution in [0.1, 0.15) is 5.76 Å². The smallest absolute Gasteiger partial charge is 0.187 e. The van der Waals surface area contributed by atoms with Crippen LogP contribution < -0.4 is 14.8 Å². The first-order valence-electron chi connectivity index (χ1n) is 6.71. The van der Waals surface area contributed by atoms with Gasteiger partial charge in [0.15, 0.2) is 10.9 Å². The first kappa shape index (κ1) is 17.2. The maximum atomic E-state index is 5.59. The minimum absolute atomic E-state index is 0. The van der Waals surface area contributed by atoms with Crippen molar-refractivity contribution in [3.8, 4) is 23.0 Å². The van der Waals surface area contributed by atoms with E-state index in [9.17, 15) is 0 Å². The number of anilines is 2. The summed E-state index contributed by atoms with van der Waals surface area (Å²) in [5, 5.41) is 5.97. The molecule has 0 aliphatic heterocycles. The van der Waals surface area contributed by atoms with Crippen molar-refractivity contribution in [1.82, 2.24) is 4.98 Å². The Balaban J connectivity index is 0.00000192. The Hall–Kier alpha value is -2.18. The van der Waals surface area contributed by atoms with Gasteiger partial charge in [0.25, 0.3) is 0 Å². The number of nitrogens with one attached hydrogen (secondary N) is 1. The minimum atomic E-state index is 0. The quantitative estimate of drug-likeness (QED) is 0.708.